The summed E-state index contributed by atoms with van der Waals surface area (Å²) in [6.07, 6.45) is 11.9. The summed E-state index contributed by atoms with van der Waals surface area (Å²) in [7, 11) is 0. The number of aliphatic hydroxyl groups is 1. The fourth-order valence-corrected chi connectivity index (χ4v) is 2.54. The van der Waals surface area contributed by atoms with Crippen LogP contribution < -0.4 is 0 Å². The molecule has 0 radical (unpaired) electrons. The van der Waals surface area contributed by atoms with Crippen molar-refractivity contribution in [3.63, 3.8) is 0 Å². The molecule has 1 aromatic rings. The largest absolute Gasteiger partial charge is 0.394 e. The van der Waals surface area contributed by atoms with Crippen LogP contribution in [0.5, 0.6) is 0 Å². The molecule has 0 aromatic carbocycles. The summed E-state index contributed by atoms with van der Waals surface area (Å²) in [5.41, 5.74) is 5.11. The van der Waals surface area contributed by atoms with E-state index >= 15 is 0 Å². The molecule has 1 aliphatic rings. The van der Waals surface area contributed by atoms with Crippen molar-refractivity contribution in [1.82, 2.24) is 9.97 Å². The predicted molar refractivity (Wildman–Crippen MR) is 132 cm³/mol. The first-order chi connectivity index (χ1) is 14.1. The summed E-state index contributed by atoms with van der Waals surface area (Å²) < 4.78 is 0. The first-order valence-corrected chi connectivity index (χ1v) is 11.8. The highest BCUT2D eigenvalue weighted by Gasteiger charge is 2.17. The Morgan fingerprint density at radius 1 is 1.13 bits per heavy atom. The van der Waals surface area contributed by atoms with Gasteiger partial charge in [0.05, 0.1) is 35.9 Å². The number of hydrogen-bond donors (Lipinski definition) is 1. The first kappa shape index (κ1) is 28.5. The van der Waals surface area contributed by atoms with Gasteiger partial charge in [-0.3, -0.25) is 9.98 Å². The number of hydrogen-bond acceptors (Lipinski definition) is 4. The Hall–Kier alpha value is -1.55. The zero-order chi connectivity index (χ0) is 23.2. The van der Waals surface area contributed by atoms with Crippen LogP contribution in [0.4, 0.5) is 0 Å². The van der Waals surface area contributed by atoms with Crippen molar-refractivity contribution in [2.45, 2.75) is 113 Å². The molecule has 1 aliphatic heterocycles. The third kappa shape index (κ3) is 11.0. The number of aliphatic hydroxyl groups excluding tert-OH is 1. The molecule has 0 saturated heterocycles. The molecule has 2 rings (SSSR count). The van der Waals surface area contributed by atoms with Crippen molar-refractivity contribution in [2.75, 3.05) is 6.61 Å². The van der Waals surface area contributed by atoms with Gasteiger partial charge < -0.3 is 5.11 Å². The highest BCUT2D eigenvalue weighted by Crippen LogP contribution is 2.26. The predicted octanol–water partition coefficient (Wildman–Crippen LogP) is 7.18. The molecule has 30 heavy (non-hydrogen) atoms. The number of aryl methyl sites for hydroxylation is 1. The summed E-state index contributed by atoms with van der Waals surface area (Å²) in [4.78, 5) is 14.0. The number of unbranched alkanes of at least 4 members (excludes halogenated alkanes) is 1. The SMILES string of the molecule is C/C(=C\c1ncc(C2=NC(CO)CCCC2)nc1C)C(C)(C)C.CCC.CCCC. The van der Waals surface area contributed by atoms with E-state index in [0.29, 0.717) is 0 Å². The maximum Gasteiger partial charge on any atom is 0.103 e. The monoisotopic (exact) mass is 417 g/mol. The minimum absolute atomic E-state index is 0.0114. The van der Waals surface area contributed by atoms with Crippen LogP contribution in [0.2, 0.25) is 0 Å². The molecule has 0 bridgehead atoms. The summed E-state index contributed by atoms with van der Waals surface area (Å²) in [5.74, 6) is 0. The average Bonchev–Trinajstić information content (AvgIpc) is 2.95. The summed E-state index contributed by atoms with van der Waals surface area (Å²) in [5, 5.41) is 9.40. The minimum atomic E-state index is 0.0114. The Balaban J connectivity index is 0.00000105. The number of aliphatic imine (C=N–C) groups is 1. The van der Waals surface area contributed by atoms with E-state index in [1.807, 2.05) is 13.1 Å². The van der Waals surface area contributed by atoms with Gasteiger partial charge in [0.1, 0.15) is 5.69 Å². The van der Waals surface area contributed by atoms with E-state index in [1.165, 1.54) is 24.8 Å². The van der Waals surface area contributed by atoms with E-state index in [2.05, 4.69) is 71.4 Å². The Labute approximate surface area is 186 Å². The van der Waals surface area contributed by atoms with Crippen molar-refractivity contribution in [3.05, 3.63) is 28.9 Å². The minimum Gasteiger partial charge on any atom is -0.394 e. The maximum atomic E-state index is 9.40. The van der Waals surface area contributed by atoms with Gasteiger partial charge in [0.2, 0.25) is 0 Å². The molecule has 172 valence electrons. The third-order valence-electron chi connectivity index (χ3n) is 5.07. The van der Waals surface area contributed by atoms with Crippen LogP contribution in [0.25, 0.3) is 6.08 Å². The van der Waals surface area contributed by atoms with Gasteiger partial charge in [-0.25, -0.2) is 4.98 Å². The van der Waals surface area contributed by atoms with E-state index in [9.17, 15) is 5.11 Å². The van der Waals surface area contributed by atoms with Crippen molar-refractivity contribution < 1.29 is 5.11 Å². The van der Waals surface area contributed by atoms with Crippen LogP contribution in [0.15, 0.2) is 16.8 Å². The Bertz CT molecular complexity index is 655. The molecule has 0 fully saturated rings. The molecular formula is C26H47N3O. The van der Waals surface area contributed by atoms with Gasteiger partial charge in [0.25, 0.3) is 0 Å². The normalized spacial score (nSPS) is 17.1. The Kier molecular flexibility index (Phi) is 14.5. The Morgan fingerprint density at radius 2 is 1.73 bits per heavy atom. The lowest BCUT2D eigenvalue weighted by molar-refractivity contribution is 0.260. The zero-order valence-corrected chi connectivity index (χ0v) is 21.2. The van der Waals surface area contributed by atoms with Gasteiger partial charge in [-0.1, -0.05) is 79.7 Å². The second kappa shape index (κ2) is 15.3. The molecule has 0 spiro atoms. The van der Waals surface area contributed by atoms with Crippen molar-refractivity contribution >= 4 is 11.8 Å². The summed E-state index contributed by atoms with van der Waals surface area (Å²) in [6.45, 7) is 19.5. The number of allylic oxidation sites excluding steroid dienone is 1. The van der Waals surface area contributed by atoms with Gasteiger partial charge in [0, 0.05) is 0 Å². The van der Waals surface area contributed by atoms with Crippen LogP contribution in [-0.2, 0) is 0 Å². The van der Waals surface area contributed by atoms with Crippen LogP contribution in [0, 0.1) is 12.3 Å². The molecule has 4 nitrogen and oxygen atoms in total. The lowest BCUT2D eigenvalue weighted by atomic mass is 9.87. The van der Waals surface area contributed by atoms with E-state index in [4.69, 9.17) is 4.98 Å². The van der Waals surface area contributed by atoms with Crippen molar-refractivity contribution in [3.8, 4) is 0 Å². The van der Waals surface area contributed by atoms with Crippen molar-refractivity contribution in [1.29, 1.82) is 0 Å². The maximum absolute atomic E-state index is 9.40. The molecule has 2 heterocycles. The lowest BCUT2D eigenvalue weighted by Gasteiger charge is -2.19. The van der Waals surface area contributed by atoms with Gasteiger partial charge in [-0.2, -0.15) is 0 Å². The third-order valence-corrected chi connectivity index (χ3v) is 5.07. The van der Waals surface area contributed by atoms with E-state index in [1.54, 1.807) is 0 Å². The molecule has 1 N–H and O–H groups in total. The topological polar surface area (TPSA) is 58.4 Å². The zero-order valence-electron chi connectivity index (χ0n) is 21.2. The van der Waals surface area contributed by atoms with Gasteiger partial charge in [-0.15, -0.1) is 0 Å². The second-order valence-corrected chi connectivity index (χ2v) is 9.17. The highest BCUT2D eigenvalue weighted by atomic mass is 16.3. The molecule has 0 aliphatic carbocycles. The summed E-state index contributed by atoms with van der Waals surface area (Å²) in [6, 6.07) is 0.0114. The fourth-order valence-electron chi connectivity index (χ4n) is 2.54. The highest BCUT2D eigenvalue weighted by molar-refractivity contribution is 5.99. The number of rotatable bonds is 4. The smallest absolute Gasteiger partial charge is 0.103 e. The standard InChI is InChI=1S/C19H29N3O.C4H10.C3H8/c1-13(19(3,4)5)10-17-14(2)21-18(11-20-17)16-9-7-6-8-15(12-23)22-16;1-3-4-2;1-3-2/h10-11,15,23H,6-9,12H2,1-5H3;3-4H2,1-2H3;3H2,1-2H3/b13-10+;;. The number of aromatic nitrogens is 2. The van der Waals surface area contributed by atoms with E-state index in [0.717, 1.165) is 48.5 Å². The molecule has 1 atom stereocenters. The fraction of sp³-hybridized carbons (Fsp3) is 0.731. The van der Waals surface area contributed by atoms with Crippen molar-refractivity contribution in [2.24, 2.45) is 10.4 Å². The molecule has 1 unspecified atom stereocenters. The average molecular weight is 418 g/mol. The van der Waals surface area contributed by atoms with Crippen LogP contribution in [0.3, 0.4) is 0 Å². The second-order valence-electron chi connectivity index (χ2n) is 9.17. The lowest BCUT2D eigenvalue weighted by Crippen LogP contribution is -2.13. The molecule has 0 saturated carbocycles. The quantitative estimate of drug-likeness (QED) is 0.564. The van der Waals surface area contributed by atoms with E-state index in [-0.39, 0.29) is 18.1 Å². The van der Waals surface area contributed by atoms with Crippen LogP contribution in [0.1, 0.15) is 117 Å². The first-order valence-electron chi connectivity index (χ1n) is 11.8. The summed E-state index contributed by atoms with van der Waals surface area (Å²) >= 11 is 0. The molecule has 1 aromatic heterocycles. The number of nitrogens with zero attached hydrogens (tertiary/aromatic N) is 3. The van der Waals surface area contributed by atoms with Gasteiger partial charge >= 0.3 is 0 Å². The molecule has 0 amide bonds. The molecular weight excluding hydrogens is 370 g/mol. The van der Waals surface area contributed by atoms with Gasteiger partial charge in [0.15, 0.2) is 0 Å². The van der Waals surface area contributed by atoms with Crippen LogP contribution in [-0.4, -0.2) is 33.4 Å². The molecule has 4 heteroatoms. The van der Waals surface area contributed by atoms with Crippen LogP contribution >= 0.6 is 0 Å². The van der Waals surface area contributed by atoms with Gasteiger partial charge in [-0.05, 0) is 44.6 Å². The van der Waals surface area contributed by atoms with E-state index < -0.39 is 0 Å². The Morgan fingerprint density at radius 3 is 2.20 bits per heavy atom.